The zero-order chi connectivity index (χ0) is 18.5. The van der Waals surface area contributed by atoms with Crippen LogP contribution < -0.4 is 14.2 Å². The maximum absolute atomic E-state index is 11.6. The Labute approximate surface area is 162 Å². The minimum Gasteiger partial charge on any atom is -0.370 e. The molecule has 2 amide bonds. The molecule has 8 nitrogen and oxygen atoms in total. The van der Waals surface area contributed by atoms with Crippen LogP contribution in [-0.2, 0) is 30.4 Å². The molecule has 0 saturated heterocycles. The Bertz CT molecular complexity index is 571. The number of carbonyl (C=O) groups is 3. The van der Waals surface area contributed by atoms with Gasteiger partial charge in [0.05, 0.1) is 6.61 Å². The molecule has 0 aliphatic carbocycles. The summed E-state index contributed by atoms with van der Waals surface area (Å²) in [5.41, 5.74) is 1.28. The van der Waals surface area contributed by atoms with Crippen LogP contribution in [-0.4, -0.2) is 50.3 Å². The summed E-state index contributed by atoms with van der Waals surface area (Å²) in [6, 6.07) is 7.04. The highest BCUT2D eigenvalue weighted by atomic mass is 127. The normalized spacial score (nSPS) is 10.3. The standard InChI is InChI=1S/C15H21IN3O5P/c16-18-5-6-23-8-13(20)17-7-11-1-3-12(4-2-11)19-14(21)9-24-10-15(22)25/h1-4,18H,5-10,25H2,(H,17,20)(H,19,21). The quantitative estimate of drug-likeness (QED) is 0.175. The van der Waals surface area contributed by atoms with E-state index >= 15 is 0 Å². The zero-order valence-electron chi connectivity index (χ0n) is 13.5. The molecule has 0 saturated carbocycles. The number of hydrogen-bond donors (Lipinski definition) is 3. The molecule has 1 rings (SSSR count). The van der Waals surface area contributed by atoms with Crippen LogP contribution in [0.4, 0.5) is 5.69 Å². The molecule has 0 aromatic heterocycles. The van der Waals surface area contributed by atoms with E-state index in [1.165, 1.54) is 0 Å². The van der Waals surface area contributed by atoms with E-state index in [4.69, 9.17) is 9.47 Å². The maximum Gasteiger partial charge on any atom is 0.250 e. The van der Waals surface area contributed by atoms with Crippen LogP contribution in [0.3, 0.4) is 0 Å². The molecule has 0 aliphatic rings. The fourth-order valence-electron chi connectivity index (χ4n) is 1.67. The summed E-state index contributed by atoms with van der Waals surface area (Å²) in [7, 11) is 1.98. The molecule has 3 N–H and O–H groups in total. The first-order valence-electron chi connectivity index (χ1n) is 7.44. The molecule has 0 heterocycles. The van der Waals surface area contributed by atoms with Crippen molar-refractivity contribution in [1.82, 2.24) is 8.85 Å². The summed E-state index contributed by atoms with van der Waals surface area (Å²) >= 11 is 2.01. The Hall–Kier alpha value is -1.13. The molecule has 138 valence electrons. The first kappa shape index (κ1) is 21.9. The largest absolute Gasteiger partial charge is 0.370 e. The number of halogens is 1. The lowest BCUT2D eigenvalue weighted by atomic mass is 10.2. The van der Waals surface area contributed by atoms with Crippen molar-refractivity contribution in [3.05, 3.63) is 29.8 Å². The molecule has 0 aliphatic heterocycles. The van der Waals surface area contributed by atoms with Gasteiger partial charge in [-0.3, -0.25) is 17.9 Å². The van der Waals surface area contributed by atoms with Gasteiger partial charge < -0.3 is 20.1 Å². The summed E-state index contributed by atoms with van der Waals surface area (Å²) < 4.78 is 13.0. The van der Waals surface area contributed by atoms with Gasteiger partial charge in [-0.2, -0.15) is 0 Å². The highest BCUT2D eigenvalue weighted by Gasteiger charge is 2.05. The van der Waals surface area contributed by atoms with Crippen LogP contribution in [0.25, 0.3) is 0 Å². The number of ether oxygens (including phenoxy) is 2. The molecule has 0 bridgehead atoms. The summed E-state index contributed by atoms with van der Waals surface area (Å²) in [6.45, 7) is 1.24. The number of benzene rings is 1. The molecular weight excluding hydrogens is 460 g/mol. The number of amides is 2. The Morgan fingerprint density at radius 2 is 1.68 bits per heavy atom. The van der Waals surface area contributed by atoms with Crippen molar-refractivity contribution in [2.75, 3.05) is 38.3 Å². The fourth-order valence-corrected chi connectivity index (χ4v) is 2.01. The third-order valence-corrected chi connectivity index (χ3v) is 3.48. The van der Waals surface area contributed by atoms with Gasteiger partial charge in [0.1, 0.15) is 19.8 Å². The highest BCUT2D eigenvalue weighted by Crippen LogP contribution is 2.09. The van der Waals surface area contributed by atoms with Gasteiger partial charge in [0.2, 0.25) is 11.8 Å². The molecule has 1 aromatic carbocycles. The Balaban J connectivity index is 2.27. The van der Waals surface area contributed by atoms with Gasteiger partial charge in [0, 0.05) is 41.6 Å². The summed E-state index contributed by atoms with van der Waals surface area (Å²) in [5, 5.41) is 5.40. The molecule has 0 radical (unpaired) electrons. The number of anilines is 1. The van der Waals surface area contributed by atoms with Crippen LogP contribution in [0, 0.1) is 0 Å². The van der Waals surface area contributed by atoms with E-state index in [0.717, 1.165) is 5.56 Å². The smallest absolute Gasteiger partial charge is 0.250 e. The predicted octanol–water partition coefficient (Wildman–Crippen LogP) is 0.616. The van der Waals surface area contributed by atoms with E-state index in [2.05, 4.69) is 14.2 Å². The molecule has 1 aromatic rings. The minimum atomic E-state index is -0.342. The van der Waals surface area contributed by atoms with Gasteiger partial charge in [0.25, 0.3) is 0 Å². The lowest BCUT2D eigenvalue weighted by Crippen LogP contribution is -2.28. The van der Waals surface area contributed by atoms with Crippen molar-refractivity contribution in [2.24, 2.45) is 0 Å². The van der Waals surface area contributed by atoms with Gasteiger partial charge in [0.15, 0.2) is 5.52 Å². The lowest BCUT2D eigenvalue weighted by molar-refractivity contribution is -0.126. The summed E-state index contributed by atoms with van der Waals surface area (Å²) in [6.07, 6.45) is 0. The molecule has 0 fully saturated rings. The lowest BCUT2D eigenvalue weighted by Gasteiger charge is -2.08. The van der Waals surface area contributed by atoms with Crippen molar-refractivity contribution in [3.8, 4) is 0 Å². The van der Waals surface area contributed by atoms with Crippen molar-refractivity contribution < 1.29 is 23.9 Å². The van der Waals surface area contributed by atoms with Crippen molar-refractivity contribution in [1.29, 1.82) is 0 Å². The topological polar surface area (TPSA) is 106 Å². The molecule has 25 heavy (non-hydrogen) atoms. The van der Waals surface area contributed by atoms with Crippen LogP contribution in [0.15, 0.2) is 24.3 Å². The number of rotatable bonds is 12. The summed E-state index contributed by atoms with van der Waals surface area (Å²) in [5.74, 6) is -0.530. The van der Waals surface area contributed by atoms with Gasteiger partial charge in [-0.15, -0.1) is 0 Å². The second-order valence-corrected chi connectivity index (χ2v) is 6.32. The van der Waals surface area contributed by atoms with E-state index in [9.17, 15) is 14.4 Å². The maximum atomic E-state index is 11.6. The van der Waals surface area contributed by atoms with Crippen LogP contribution in [0.5, 0.6) is 0 Å². The zero-order valence-corrected chi connectivity index (χ0v) is 16.9. The first-order valence-corrected chi connectivity index (χ1v) is 9.09. The number of carbonyl (C=O) groups excluding carboxylic acids is 3. The minimum absolute atomic E-state index is 0.0191. The average molecular weight is 481 g/mol. The van der Waals surface area contributed by atoms with Gasteiger partial charge in [-0.1, -0.05) is 21.4 Å². The average Bonchev–Trinajstić information content (AvgIpc) is 2.58. The molecule has 1 atom stereocenters. The molecule has 0 spiro atoms. The highest BCUT2D eigenvalue weighted by molar-refractivity contribution is 14.1. The number of hydrogen-bond acceptors (Lipinski definition) is 6. The van der Waals surface area contributed by atoms with Gasteiger partial charge >= 0.3 is 0 Å². The van der Waals surface area contributed by atoms with Crippen molar-refractivity contribution in [2.45, 2.75) is 6.54 Å². The second-order valence-electron chi connectivity index (χ2n) is 4.92. The molecule has 10 heteroatoms. The second kappa shape index (κ2) is 13.1. The molecule has 1 unspecified atom stereocenters. The third kappa shape index (κ3) is 11.2. The summed E-state index contributed by atoms with van der Waals surface area (Å²) in [4.78, 5) is 33.9. The predicted molar refractivity (Wildman–Crippen MR) is 105 cm³/mol. The molecular formula is C15H21IN3O5P. The fraction of sp³-hybridized carbons (Fsp3) is 0.400. The third-order valence-electron chi connectivity index (χ3n) is 2.78. The van der Waals surface area contributed by atoms with Crippen LogP contribution in [0.1, 0.15) is 5.56 Å². The number of nitrogens with one attached hydrogen (secondary N) is 3. The van der Waals surface area contributed by atoms with Gasteiger partial charge in [-0.25, -0.2) is 0 Å². The first-order chi connectivity index (χ1) is 12.0. The van der Waals surface area contributed by atoms with Crippen molar-refractivity contribution in [3.63, 3.8) is 0 Å². The Morgan fingerprint density at radius 3 is 2.32 bits per heavy atom. The van der Waals surface area contributed by atoms with Crippen LogP contribution >= 0.6 is 32.1 Å². The van der Waals surface area contributed by atoms with E-state index in [0.29, 0.717) is 25.4 Å². The Morgan fingerprint density at radius 1 is 1.00 bits per heavy atom. The Kier molecular flexibility index (Phi) is 11.5. The van der Waals surface area contributed by atoms with Crippen molar-refractivity contribution >= 4 is 55.1 Å². The van der Waals surface area contributed by atoms with Crippen LogP contribution in [0.2, 0.25) is 0 Å². The SMILES string of the molecule is O=C(P)COCC(=O)Nc1ccc(CNC(=O)COCCNI)cc1. The van der Waals surface area contributed by atoms with Gasteiger partial charge in [-0.05, 0) is 17.7 Å². The van der Waals surface area contributed by atoms with E-state index in [1.54, 1.807) is 24.3 Å². The van der Waals surface area contributed by atoms with E-state index in [-0.39, 0.29) is 37.2 Å². The van der Waals surface area contributed by atoms with E-state index < -0.39 is 0 Å². The monoisotopic (exact) mass is 481 g/mol. The van der Waals surface area contributed by atoms with E-state index in [1.807, 2.05) is 32.1 Å².